The Hall–Kier alpha value is -7.56. The lowest BCUT2D eigenvalue weighted by Crippen LogP contribution is -2.10. The van der Waals surface area contributed by atoms with Gasteiger partial charge in [0, 0.05) is 38.8 Å². The van der Waals surface area contributed by atoms with Crippen molar-refractivity contribution < 1.29 is 4.42 Å². The van der Waals surface area contributed by atoms with E-state index in [1.807, 2.05) is 60.7 Å². The summed E-state index contributed by atoms with van der Waals surface area (Å²) in [6, 6.07) is 73.7. The molecule has 0 bridgehead atoms. The fourth-order valence-corrected chi connectivity index (χ4v) is 7.55. The molecular weight excluding hydrogens is 683 g/mol. The highest BCUT2D eigenvalue weighted by molar-refractivity contribution is 6.16. The minimum atomic E-state index is 0.638. The molecule has 0 aliphatic carbocycles. The van der Waals surface area contributed by atoms with Crippen molar-refractivity contribution in [1.29, 1.82) is 0 Å². The number of benzene rings is 8. The predicted octanol–water partition coefficient (Wildman–Crippen LogP) is 14.2. The van der Waals surface area contributed by atoms with Crippen molar-refractivity contribution in [2.24, 2.45) is 0 Å². The van der Waals surface area contributed by atoms with E-state index in [0.29, 0.717) is 5.82 Å². The second-order valence-corrected chi connectivity index (χ2v) is 13.8. The van der Waals surface area contributed by atoms with E-state index in [2.05, 4.69) is 157 Å². The Morgan fingerprint density at radius 1 is 0.375 bits per heavy atom. The first kappa shape index (κ1) is 33.0. The number of anilines is 3. The smallest absolute Gasteiger partial charge is 0.161 e. The second kappa shape index (κ2) is 14.3. The van der Waals surface area contributed by atoms with Crippen LogP contribution in [-0.4, -0.2) is 9.97 Å². The van der Waals surface area contributed by atoms with Crippen LogP contribution in [0.15, 0.2) is 217 Å². The maximum absolute atomic E-state index is 6.89. The Labute approximate surface area is 325 Å². The van der Waals surface area contributed by atoms with E-state index in [1.54, 1.807) is 0 Å². The standard InChI is InChI=1S/C52H35N3O/c1-5-15-36(16-6-1)38-25-29-42(30-26-38)55(43-31-27-39(28-32-43)37-17-7-2-8-18-37)48-34-33-45(50-44-23-13-14-24-49(44)56-51(48)50)52-53-46(40-19-9-3-10-20-40)35-47(54-52)41-21-11-4-12-22-41/h1-35H. The molecule has 4 nitrogen and oxygen atoms in total. The average Bonchev–Trinajstić information content (AvgIpc) is 3.68. The monoisotopic (exact) mass is 717 g/mol. The molecule has 0 atom stereocenters. The number of aromatic nitrogens is 2. The highest BCUT2D eigenvalue weighted by Gasteiger charge is 2.24. The molecule has 4 heteroatoms. The number of hydrogen-bond donors (Lipinski definition) is 0. The van der Waals surface area contributed by atoms with Crippen LogP contribution in [0.1, 0.15) is 0 Å². The number of nitrogens with zero attached hydrogens (tertiary/aromatic N) is 3. The van der Waals surface area contributed by atoms with Crippen molar-refractivity contribution in [3.8, 4) is 56.2 Å². The molecule has 10 rings (SSSR count). The first-order chi connectivity index (χ1) is 27.8. The van der Waals surface area contributed by atoms with Gasteiger partial charge < -0.3 is 9.32 Å². The Morgan fingerprint density at radius 2 is 0.804 bits per heavy atom. The van der Waals surface area contributed by atoms with Crippen LogP contribution < -0.4 is 4.90 Å². The highest BCUT2D eigenvalue weighted by atomic mass is 16.3. The van der Waals surface area contributed by atoms with E-state index in [9.17, 15) is 0 Å². The third-order valence-electron chi connectivity index (χ3n) is 10.3. The van der Waals surface area contributed by atoms with Gasteiger partial charge in [-0.2, -0.15) is 0 Å². The maximum Gasteiger partial charge on any atom is 0.161 e. The molecule has 0 fully saturated rings. The van der Waals surface area contributed by atoms with Gasteiger partial charge in [-0.1, -0.05) is 164 Å². The van der Waals surface area contributed by atoms with Gasteiger partial charge in [-0.15, -0.1) is 0 Å². The molecule has 0 spiro atoms. The summed E-state index contributed by atoms with van der Waals surface area (Å²) in [4.78, 5) is 12.8. The summed E-state index contributed by atoms with van der Waals surface area (Å²) < 4.78 is 6.89. The Bertz CT molecular complexity index is 2780. The van der Waals surface area contributed by atoms with Gasteiger partial charge in [0.05, 0.1) is 17.1 Å². The normalized spacial score (nSPS) is 11.2. The molecule has 0 aliphatic rings. The molecule has 0 aliphatic heterocycles. The topological polar surface area (TPSA) is 42.2 Å². The van der Waals surface area contributed by atoms with Crippen LogP contribution in [0.4, 0.5) is 17.1 Å². The molecule has 0 saturated carbocycles. The zero-order chi connectivity index (χ0) is 37.3. The lowest BCUT2D eigenvalue weighted by Gasteiger charge is -2.26. The molecule has 0 radical (unpaired) electrons. The van der Waals surface area contributed by atoms with E-state index in [4.69, 9.17) is 14.4 Å². The molecular formula is C52H35N3O. The molecule has 2 aromatic heterocycles. The number of rotatable bonds is 8. The molecule has 0 amide bonds. The SMILES string of the molecule is c1ccc(-c2ccc(N(c3ccc(-c4ccccc4)cc3)c3ccc(-c4nc(-c5ccccc5)cc(-c5ccccc5)n4)c4c3oc3ccccc34)cc2)cc1. The van der Waals surface area contributed by atoms with Crippen molar-refractivity contribution in [1.82, 2.24) is 9.97 Å². The van der Waals surface area contributed by atoms with Crippen LogP contribution in [-0.2, 0) is 0 Å². The van der Waals surface area contributed by atoms with Crippen LogP contribution >= 0.6 is 0 Å². The number of fused-ring (bicyclic) bond motifs is 3. The Morgan fingerprint density at radius 3 is 1.30 bits per heavy atom. The molecule has 56 heavy (non-hydrogen) atoms. The van der Waals surface area contributed by atoms with Crippen molar-refractivity contribution in [2.45, 2.75) is 0 Å². The van der Waals surface area contributed by atoms with E-state index >= 15 is 0 Å². The molecule has 0 N–H and O–H groups in total. The number of hydrogen-bond acceptors (Lipinski definition) is 4. The Balaban J connectivity index is 1.19. The minimum Gasteiger partial charge on any atom is -0.454 e. The third-order valence-corrected chi connectivity index (χ3v) is 10.3. The fourth-order valence-electron chi connectivity index (χ4n) is 7.55. The van der Waals surface area contributed by atoms with E-state index < -0.39 is 0 Å². The lowest BCUT2D eigenvalue weighted by molar-refractivity contribution is 0.669. The molecule has 10 aromatic rings. The summed E-state index contributed by atoms with van der Waals surface area (Å²) >= 11 is 0. The summed E-state index contributed by atoms with van der Waals surface area (Å²) in [6.45, 7) is 0. The number of para-hydroxylation sites is 1. The van der Waals surface area contributed by atoms with Gasteiger partial charge in [0.1, 0.15) is 5.58 Å². The third kappa shape index (κ3) is 6.19. The minimum absolute atomic E-state index is 0.638. The summed E-state index contributed by atoms with van der Waals surface area (Å²) in [6.07, 6.45) is 0. The quantitative estimate of drug-likeness (QED) is 0.157. The van der Waals surface area contributed by atoms with E-state index in [-0.39, 0.29) is 0 Å². The predicted molar refractivity (Wildman–Crippen MR) is 231 cm³/mol. The largest absolute Gasteiger partial charge is 0.454 e. The van der Waals surface area contributed by atoms with Crippen LogP contribution in [0.5, 0.6) is 0 Å². The van der Waals surface area contributed by atoms with Gasteiger partial charge in [0.25, 0.3) is 0 Å². The lowest BCUT2D eigenvalue weighted by atomic mass is 10.0. The molecule has 264 valence electrons. The van der Waals surface area contributed by atoms with Crippen LogP contribution in [0.3, 0.4) is 0 Å². The average molecular weight is 718 g/mol. The fraction of sp³-hybridized carbons (Fsp3) is 0. The highest BCUT2D eigenvalue weighted by Crippen LogP contribution is 2.46. The summed E-state index contributed by atoms with van der Waals surface area (Å²) in [7, 11) is 0. The van der Waals surface area contributed by atoms with Gasteiger partial charge in [-0.3, -0.25) is 0 Å². The van der Waals surface area contributed by atoms with Gasteiger partial charge in [0.15, 0.2) is 11.4 Å². The first-order valence-electron chi connectivity index (χ1n) is 18.8. The van der Waals surface area contributed by atoms with Crippen molar-refractivity contribution in [2.75, 3.05) is 4.90 Å². The molecule has 8 aromatic carbocycles. The zero-order valence-corrected chi connectivity index (χ0v) is 30.5. The Kier molecular flexibility index (Phi) is 8.47. The van der Waals surface area contributed by atoms with Gasteiger partial charge >= 0.3 is 0 Å². The van der Waals surface area contributed by atoms with E-state index in [1.165, 1.54) is 11.1 Å². The number of furan rings is 1. The van der Waals surface area contributed by atoms with Crippen molar-refractivity contribution in [3.63, 3.8) is 0 Å². The zero-order valence-electron chi connectivity index (χ0n) is 30.5. The summed E-state index contributed by atoms with van der Waals surface area (Å²) in [5.74, 6) is 0.638. The van der Waals surface area contributed by atoms with Gasteiger partial charge in [-0.05, 0) is 70.8 Å². The molecule has 2 heterocycles. The molecule has 0 saturated heterocycles. The maximum atomic E-state index is 6.89. The molecule has 0 unspecified atom stereocenters. The van der Waals surface area contributed by atoms with Crippen LogP contribution in [0.2, 0.25) is 0 Å². The first-order valence-corrected chi connectivity index (χ1v) is 18.8. The second-order valence-electron chi connectivity index (χ2n) is 13.8. The summed E-state index contributed by atoms with van der Waals surface area (Å²) in [5.41, 5.74) is 13.9. The van der Waals surface area contributed by atoms with Crippen molar-refractivity contribution >= 4 is 39.0 Å². The van der Waals surface area contributed by atoms with Crippen LogP contribution in [0.25, 0.3) is 78.1 Å². The van der Waals surface area contributed by atoms with E-state index in [0.717, 1.165) is 78.2 Å². The van der Waals surface area contributed by atoms with Gasteiger partial charge in [-0.25, -0.2) is 9.97 Å². The van der Waals surface area contributed by atoms with Gasteiger partial charge in [0.2, 0.25) is 0 Å². The van der Waals surface area contributed by atoms with Crippen molar-refractivity contribution in [3.05, 3.63) is 212 Å². The summed E-state index contributed by atoms with van der Waals surface area (Å²) in [5, 5.41) is 1.97. The van der Waals surface area contributed by atoms with Crippen LogP contribution in [0, 0.1) is 0 Å².